The molecule has 1 aliphatic rings. The summed E-state index contributed by atoms with van der Waals surface area (Å²) in [4.78, 5) is 14.6. The summed E-state index contributed by atoms with van der Waals surface area (Å²) in [5.41, 5.74) is -0.120. The molecule has 1 rings (SSSR count). The van der Waals surface area contributed by atoms with Gasteiger partial charge in [0.1, 0.15) is 0 Å². The Hall–Kier alpha value is -0.570. The van der Waals surface area contributed by atoms with Crippen molar-refractivity contribution in [3.63, 3.8) is 0 Å². The van der Waals surface area contributed by atoms with Crippen molar-refractivity contribution in [2.45, 2.75) is 40.5 Å². The molecule has 0 aromatic rings. The quantitative estimate of drug-likeness (QED) is 0.776. The van der Waals surface area contributed by atoms with Crippen LogP contribution in [0, 0.1) is 11.3 Å². The van der Waals surface area contributed by atoms with Crippen molar-refractivity contribution in [3.8, 4) is 0 Å². The lowest BCUT2D eigenvalue weighted by Gasteiger charge is -2.33. The SMILES string of the molecule is CCN(CC(C)C)C(=O)C1(CC)CCNC1. The highest BCUT2D eigenvalue weighted by atomic mass is 16.2. The van der Waals surface area contributed by atoms with Gasteiger partial charge in [-0.05, 0) is 32.2 Å². The Labute approximate surface area is 99.6 Å². The van der Waals surface area contributed by atoms with E-state index in [9.17, 15) is 4.79 Å². The van der Waals surface area contributed by atoms with E-state index >= 15 is 0 Å². The average molecular weight is 226 g/mol. The molecule has 0 aliphatic carbocycles. The van der Waals surface area contributed by atoms with Crippen molar-refractivity contribution in [2.24, 2.45) is 11.3 Å². The normalized spacial score (nSPS) is 25.1. The van der Waals surface area contributed by atoms with Gasteiger partial charge in [0.15, 0.2) is 0 Å². The molecule has 1 N–H and O–H groups in total. The molecule has 1 aliphatic heterocycles. The number of nitrogens with zero attached hydrogens (tertiary/aromatic N) is 1. The van der Waals surface area contributed by atoms with Crippen LogP contribution in [0.4, 0.5) is 0 Å². The van der Waals surface area contributed by atoms with Gasteiger partial charge >= 0.3 is 0 Å². The molecule has 0 radical (unpaired) electrons. The van der Waals surface area contributed by atoms with E-state index in [1.165, 1.54) is 0 Å². The van der Waals surface area contributed by atoms with E-state index in [0.717, 1.165) is 39.0 Å². The molecule has 1 atom stereocenters. The molecule has 0 aromatic carbocycles. The fourth-order valence-electron chi connectivity index (χ4n) is 2.51. The largest absolute Gasteiger partial charge is 0.342 e. The van der Waals surface area contributed by atoms with Crippen LogP contribution in [0.25, 0.3) is 0 Å². The highest BCUT2D eigenvalue weighted by Crippen LogP contribution is 2.31. The van der Waals surface area contributed by atoms with Crippen molar-refractivity contribution >= 4 is 5.91 Å². The first-order valence-corrected chi connectivity index (χ1v) is 6.56. The molecule has 0 bridgehead atoms. The minimum atomic E-state index is -0.120. The van der Waals surface area contributed by atoms with Crippen LogP contribution in [0.1, 0.15) is 40.5 Å². The van der Waals surface area contributed by atoms with E-state index in [4.69, 9.17) is 0 Å². The number of hydrogen-bond acceptors (Lipinski definition) is 2. The Balaban J connectivity index is 2.72. The topological polar surface area (TPSA) is 32.3 Å². The molecule has 0 aromatic heterocycles. The maximum absolute atomic E-state index is 12.6. The van der Waals surface area contributed by atoms with Gasteiger partial charge in [0, 0.05) is 19.6 Å². The monoisotopic (exact) mass is 226 g/mol. The maximum Gasteiger partial charge on any atom is 0.230 e. The van der Waals surface area contributed by atoms with Crippen molar-refractivity contribution in [1.82, 2.24) is 10.2 Å². The zero-order valence-corrected chi connectivity index (χ0v) is 11.2. The zero-order valence-electron chi connectivity index (χ0n) is 11.2. The summed E-state index contributed by atoms with van der Waals surface area (Å²) in [6.45, 7) is 12.1. The summed E-state index contributed by atoms with van der Waals surface area (Å²) in [5, 5.41) is 3.33. The first-order chi connectivity index (χ1) is 7.55. The highest BCUT2D eigenvalue weighted by molar-refractivity contribution is 5.83. The molecule has 1 saturated heterocycles. The lowest BCUT2D eigenvalue weighted by molar-refractivity contribution is -0.141. The Kier molecular flexibility index (Phi) is 4.78. The maximum atomic E-state index is 12.6. The van der Waals surface area contributed by atoms with Gasteiger partial charge < -0.3 is 10.2 Å². The van der Waals surface area contributed by atoms with E-state index in [1.54, 1.807) is 0 Å². The third kappa shape index (κ3) is 2.76. The number of rotatable bonds is 5. The minimum Gasteiger partial charge on any atom is -0.342 e. The summed E-state index contributed by atoms with van der Waals surface area (Å²) >= 11 is 0. The molecule has 0 spiro atoms. The van der Waals surface area contributed by atoms with Gasteiger partial charge in [-0.15, -0.1) is 0 Å². The molecular formula is C13H26N2O. The number of amides is 1. The predicted octanol–water partition coefficient (Wildman–Crippen LogP) is 1.88. The van der Waals surface area contributed by atoms with E-state index in [1.807, 2.05) is 4.90 Å². The standard InChI is InChI=1S/C13H26N2O/c1-5-13(7-8-14-10-13)12(16)15(6-2)9-11(3)4/h11,14H,5-10H2,1-4H3. The van der Waals surface area contributed by atoms with Gasteiger partial charge in [-0.25, -0.2) is 0 Å². The lowest BCUT2D eigenvalue weighted by Crippen LogP contribution is -2.46. The minimum absolute atomic E-state index is 0.120. The molecule has 1 heterocycles. The fraction of sp³-hybridized carbons (Fsp3) is 0.923. The molecule has 16 heavy (non-hydrogen) atoms. The van der Waals surface area contributed by atoms with E-state index in [0.29, 0.717) is 11.8 Å². The molecule has 1 fully saturated rings. The van der Waals surface area contributed by atoms with Crippen molar-refractivity contribution < 1.29 is 4.79 Å². The smallest absolute Gasteiger partial charge is 0.230 e. The van der Waals surface area contributed by atoms with Crippen LogP contribution >= 0.6 is 0 Å². The van der Waals surface area contributed by atoms with Crippen LogP contribution in [0.3, 0.4) is 0 Å². The van der Waals surface area contributed by atoms with Crippen molar-refractivity contribution in [1.29, 1.82) is 0 Å². The van der Waals surface area contributed by atoms with Crippen molar-refractivity contribution in [2.75, 3.05) is 26.2 Å². The fourth-order valence-corrected chi connectivity index (χ4v) is 2.51. The molecule has 1 unspecified atom stereocenters. The average Bonchev–Trinajstić information content (AvgIpc) is 2.74. The number of carbonyl (C=O) groups is 1. The number of nitrogens with one attached hydrogen (secondary N) is 1. The zero-order chi connectivity index (χ0) is 12.2. The number of carbonyl (C=O) groups excluding carboxylic acids is 1. The highest BCUT2D eigenvalue weighted by Gasteiger charge is 2.41. The van der Waals surface area contributed by atoms with Crippen LogP contribution in [0.15, 0.2) is 0 Å². The summed E-state index contributed by atoms with van der Waals surface area (Å²) in [6, 6.07) is 0. The Morgan fingerprint density at radius 3 is 2.50 bits per heavy atom. The van der Waals surface area contributed by atoms with Gasteiger partial charge in [0.05, 0.1) is 5.41 Å². The van der Waals surface area contributed by atoms with Crippen LogP contribution in [-0.2, 0) is 4.79 Å². The molecule has 0 saturated carbocycles. The van der Waals surface area contributed by atoms with Crippen LogP contribution in [0.2, 0.25) is 0 Å². The predicted molar refractivity (Wildman–Crippen MR) is 67.3 cm³/mol. The van der Waals surface area contributed by atoms with Crippen LogP contribution in [0.5, 0.6) is 0 Å². The second-order valence-corrected chi connectivity index (χ2v) is 5.30. The number of hydrogen-bond donors (Lipinski definition) is 1. The van der Waals surface area contributed by atoms with Gasteiger partial charge in [0.2, 0.25) is 5.91 Å². The third-order valence-corrected chi connectivity index (χ3v) is 3.63. The second-order valence-electron chi connectivity index (χ2n) is 5.30. The molecule has 94 valence electrons. The van der Waals surface area contributed by atoms with Crippen LogP contribution < -0.4 is 5.32 Å². The molecular weight excluding hydrogens is 200 g/mol. The summed E-state index contributed by atoms with van der Waals surface area (Å²) < 4.78 is 0. The van der Waals surface area contributed by atoms with E-state index in [-0.39, 0.29) is 5.41 Å². The molecule has 3 nitrogen and oxygen atoms in total. The van der Waals surface area contributed by atoms with Crippen LogP contribution in [-0.4, -0.2) is 37.0 Å². The Morgan fingerprint density at radius 1 is 1.44 bits per heavy atom. The van der Waals surface area contributed by atoms with E-state index < -0.39 is 0 Å². The Morgan fingerprint density at radius 2 is 2.12 bits per heavy atom. The van der Waals surface area contributed by atoms with Crippen molar-refractivity contribution in [3.05, 3.63) is 0 Å². The van der Waals surface area contributed by atoms with Gasteiger partial charge in [-0.1, -0.05) is 20.8 Å². The van der Waals surface area contributed by atoms with Gasteiger partial charge in [-0.2, -0.15) is 0 Å². The summed E-state index contributed by atoms with van der Waals surface area (Å²) in [7, 11) is 0. The summed E-state index contributed by atoms with van der Waals surface area (Å²) in [6.07, 6.45) is 1.95. The summed E-state index contributed by atoms with van der Waals surface area (Å²) in [5.74, 6) is 0.906. The second kappa shape index (κ2) is 5.67. The van der Waals surface area contributed by atoms with E-state index in [2.05, 4.69) is 33.0 Å². The first kappa shape index (κ1) is 13.5. The molecule has 3 heteroatoms. The first-order valence-electron chi connectivity index (χ1n) is 6.56. The van der Waals surface area contributed by atoms with Gasteiger partial charge in [-0.3, -0.25) is 4.79 Å². The lowest BCUT2D eigenvalue weighted by atomic mass is 9.82. The molecule has 1 amide bonds. The Bertz CT molecular complexity index is 232. The van der Waals surface area contributed by atoms with Gasteiger partial charge in [0.25, 0.3) is 0 Å². The third-order valence-electron chi connectivity index (χ3n) is 3.63.